The molecule has 2 rings (SSSR count). The SMILES string of the molecule is CCCCCOC(=O)c1ccc(NC(=O)CCCOc2cc(C)c(Cl)c(C)c2)cc1. The summed E-state index contributed by atoms with van der Waals surface area (Å²) in [6.07, 6.45) is 3.93. The number of rotatable bonds is 11. The molecule has 0 saturated carbocycles. The van der Waals surface area contributed by atoms with Gasteiger partial charge in [-0.1, -0.05) is 31.4 Å². The van der Waals surface area contributed by atoms with Gasteiger partial charge in [-0.05, 0) is 74.2 Å². The highest BCUT2D eigenvalue weighted by Crippen LogP contribution is 2.26. The molecule has 0 radical (unpaired) electrons. The van der Waals surface area contributed by atoms with Crippen LogP contribution in [0.3, 0.4) is 0 Å². The van der Waals surface area contributed by atoms with Crippen LogP contribution in [0, 0.1) is 13.8 Å². The van der Waals surface area contributed by atoms with Crippen LogP contribution in [-0.4, -0.2) is 25.1 Å². The lowest BCUT2D eigenvalue weighted by atomic mass is 10.1. The number of ether oxygens (including phenoxy) is 2. The molecule has 0 aliphatic rings. The summed E-state index contributed by atoms with van der Waals surface area (Å²) in [4.78, 5) is 24.1. The van der Waals surface area contributed by atoms with Crippen LogP contribution in [0.25, 0.3) is 0 Å². The number of hydrogen-bond acceptors (Lipinski definition) is 4. The van der Waals surface area contributed by atoms with Crippen LogP contribution in [-0.2, 0) is 9.53 Å². The van der Waals surface area contributed by atoms with Gasteiger partial charge in [0.15, 0.2) is 0 Å². The summed E-state index contributed by atoms with van der Waals surface area (Å²) in [5.41, 5.74) is 3.06. The van der Waals surface area contributed by atoms with Crippen molar-refractivity contribution < 1.29 is 19.1 Å². The number of amides is 1. The summed E-state index contributed by atoms with van der Waals surface area (Å²) in [6, 6.07) is 10.5. The van der Waals surface area contributed by atoms with Gasteiger partial charge in [0.2, 0.25) is 5.91 Å². The van der Waals surface area contributed by atoms with Crippen molar-refractivity contribution in [3.05, 3.63) is 58.1 Å². The normalized spacial score (nSPS) is 10.5. The average molecular weight is 432 g/mol. The van der Waals surface area contributed by atoms with E-state index in [1.54, 1.807) is 24.3 Å². The van der Waals surface area contributed by atoms with Crippen LogP contribution in [0.4, 0.5) is 5.69 Å². The molecule has 2 aromatic carbocycles. The van der Waals surface area contributed by atoms with Crippen molar-refractivity contribution in [2.45, 2.75) is 52.9 Å². The van der Waals surface area contributed by atoms with Gasteiger partial charge in [0.1, 0.15) is 5.75 Å². The zero-order chi connectivity index (χ0) is 21.9. The number of nitrogens with one attached hydrogen (secondary N) is 1. The third kappa shape index (κ3) is 7.71. The van der Waals surface area contributed by atoms with Gasteiger partial charge >= 0.3 is 5.97 Å². The molecule has 1 N–H and O–H groups in total. The molecule has 0 aromatic heterocycles. The lowest BCUT2D eigenvalue weighted by Gasteiger charge is -2.10. The minimum atomic E-state index is -0.339. The molecule has 0 saturated heterocycles. The summed E-state index contributed by atoms with van der Waals surface area (Å²) < 4.78 is 10.9. The van der Waals surface area contributed by atoms with Gasteiger partial charge in [-0.25, -0.2) is 4.79 Å². The molecule has 0 unspecified atom stereocenters. The molecule has 30 heavy (non-hydrogen) atoms. The zero-order valence-corrected chi connectivity index (χ0v) is 18.7. The number of anilines is 1. The van der Waals surface area contributed by atoms with Crippen LogP contribution in [0.15, 0.2) is 36.4 Å². The van der Waals surface area contributed by atoms with Crippen LogP contribution in [0.5, 0.6) is 5.75 Å². The summed E-state index contributed by atoms with van der Waals surface area (Å²) in [6.45, 7) is 6.85. The predicted octanol–water partition coefficient (Wildman–Crippen LogP) is 6.10. The molecule has 6 heteroatoms. The van der Waals surface area contributed by atoms with Crippen LogP contribution in [0.1, 0.15) is 60.5 Å². The monoisotopic (exact) mass is 431 g/mol. The van der Waals surface area contributed by atoms with E-state index in [0.717, 1.165) is 41.2 Å². The fourth-order valence-corrected chi connectivity index (χ4v) is 3.03. The fraction of sp³-hybridized carbons (Fsp3) is 0.417. The van der Waals surface area contributed by atoms with Gasteiger partial charge in [-0.3, -0.25) is 4.79 Å². The summed E-state index contributed by atoms with van der Waals surface area (Å²) in [5, 5.41) is 3.58. The number of unbranched alkanes of at least 4 members (excludes halogenated alkanes) is 2. The molecule has 0 fully saturated rings. The molecule has 0 bridgehead atoms. The summed E-state index contributed by atoms with van der Waals surface area (Å²) in [5.74, 6) is 0.317. The van der Waals surface area contributed by atoms with E-state index >= 15 is 0 Å². The maximum Gasteiger partial charge on any atom is 0.338 e. The molecule has 2 aromatic rings. The highest BCUT2D eigenvalue weighted by molar-refractivity contribution is 6.32. The topological polar surface area (TPSA) is 64.6 Å². The Morgan fingerprint density at radius 3 is 2.27 bits per heavy atom. The molecule has 1 amide bonds. The minimum Gasteiger partial charge on any atom is -0.494 e. The van der Waals surface area contributed by atoms with Crippen molar-refractivity contribution in [3.63, 3.8) is 0 Å². The maximum atomic E-state index is 12.1. The highest BCUT2D eigenvalue weighted by atomic mass is 35.5. The number of hydrogen-bond donors (Lipinski definition) is 1. The zero-order valence-electron chi connectivity index (χ0n) is 17.9. The fourth-order valence-electron chi connectivity index (χ4n) is 2.93. The molecule has 0 atom stereocenters. The van der Waals surface area contributed by atoms with Crippen molar-refractivity contribution in [3.8, 4) is 5.75 Å². The maximum absolute atomic E-state index is 12.1. The Bertz CT molecular complexity index is 826. The second kappa shape index (κ2) is 12.2. The van der Waals surface area contributed by atoms with E-state index in [4.69, 9.17) is 21.1 Å². The Morgan fingerprint density at radius 2 is 1.63 bits per heavy atom. The van der Waals surface area contributed by atoms with Gasteiger partial charge < -0.3 is 14.8 Å². The average Bonchev–Trinajstić information content (AvgIpc) is 2.73. The minimum absolute atomic E-state index is 0.100. The van der Waals surface area contributed by atoms with Gasteiger partial charge in [0.25, 0.3) is 0 Å². The first-order valence-corrected chi connectivity index (χ1v) is 10.7. The summed E-state index contributed by atoms with van der Waals surface area (Å²) in [7, 11) is 0. The van der Waals surface area contributed by atoms with Crippen molar-refractivity contribution >= 4 is 29.2 Å². The first-order chi connectivity index (χ1) is 14.4. The highest BCUT2D eigenvalue weighted by Gasteiger charge is 2.08. The Hall–Kier alpha value is -2.53. The number of carbonyl (C=O) groups excluding carboxylic acids is 2. The Kier molecular flexibility index (Phi) is 9.68. The molecule has 5 nitrogen and oxygen atoms in total. The van der Waals surface area contributed by atoms with Crippen LogP contribution in [0.2, 0.25) is 5.02 Å². The standard InChI is InChI=1S/C24H30ClNO4/c1-4-5-6-13-30-24(28)19-9-11-20(12-10-19)26-22(27)8-7-14-29-21-15-17(2)23(25)18(3)16-21/h9-12,15-16H,4-8,13-14H2,1-3H3,(H,26,27). The number of aryl methyl sites for hydroxylation is 2. The Morgan fingerprint density at radius 1 is 0.967 bits per heavy atom. The molecular weight excluding hydrogens is 402 g/mol. The molecule has 0 aliphatic carbocycles. The number of carbonyl (C=O) groups is 2. The second-order valence-corrected chi connectivity index (χ2v) is 7.67. The van der Waals surface area contributed by atoms with Gasteiger partial charge in [-0.15, -0.1) is 0 Å². The van der Waals surface area contributed by atoms with Crippen LogP contribution < -0.4 is 10.1 Å². The largest absolute Gasteiger partial charge is 0.494 e. The van der Waals surface area contributed by atoms with E-state index in [9.17, 15) is 9.59 Å². The van der Waals surface area contributed by atoms with E-state index in [0.29, 0.717) is 37.3 Å². The summed E-state index contributed by atoms with van der Waals surface area (Å²) >= 11 is 6.16. The van der Waals surface area contributed by atoms with E-state index in [2.05, 4.69) is 12.2 Å². The van der Waals surface area contributed by atoms with E-state index in [1.807, 2.05) is 26.0 Å². The lowest BCUT2D eigenvalue weighted by molar-refractivity contribution is -0.116. The number of benzene rings is 2. The predicted molar refractivity (Wildman–Crippen MR) is 121 cm³/mol. The van der Waals surface area contributed by atoms with Crippen molar-refractivity contribution in [1.82, 2.24) is 0 Å². The van der Waals surface area contributed by atoms with Gasteiger partial charge in [-0.2, -0.15) is 0 Å². The van der Waals surface area contributed by atoms with Crippen molar-refractivity contribution in [1.29, 1.82) is 0 Å². The first-order valence-electron chi connectivity index (χ1n) is 10.4. The number of halogens is 1. The van der Waals surface area contributed by atoms with Crippen molar-refractivity contribution in [2.24, 2.45) is 0 Å². The molecular formula is C24H30ClNO4. The molecule has 0 heterocycles. The third-order valence-electron chi connectivity index (χ3n) is 4.61. The Balaban J connectivity index is 1.71. The van der Waals surface area contributed by atoms with E-state index < -0.39 is 0 Å². The van der Waals surface area contributed by atoms with Crippen LogP contribution >= 0.6 is 11.6 Å². The van der Waals surface area contributed by atoms with Gasteiger partial charge in [0, 0.05) is 17.1 Å². The molecule has 0 aliphatic heterocycles. The lowest BCUT2D eigenvalue weighted by Crippen LogP contribution is -2.13. The van der Waals surface area contributed by atoms with E-state index in [-0.39, 0.29) is 11.9 Å². The van der Waals surface area contributed by atoms with Crippen molar-refractivity contribution in [2.75, 3.05) is 18.5 Å². The third-order valence-corrected chi connectivity index (χ3v) is 5.21. The first kappa shape index (κ1) is 23.7. The Labute approximate surface area is 183 Å². The van der Waals surface area contributed by atoms with E-state index in [1.165, 1.54) is 0 Å². The molecule has 0 spiro atoms. The molecule has 162 valence electrons. The smallest absolute Gasteiger partial charge is 0.338 e. The second-order valence-electron chi connectivity index (χ2n) is 7.29. The quantitative estimate of drug-likeness (QED) is 0.344. The van der Waals surface area contributed by atoms with Gasteiger partial charge in [0.05, 0.1) is 18.8 Å². The number of esters is 1.